The van der Waals surface area contributed by atoms with Crippen molar-refractivity contribution in [1.29, 1.82) is 0 Å². The summed E-state index contributed by atoms with van der Waals surface area (Å²) in [5.41, 5.74) is 4.59. The SMILES string of the molecule is BrC1=C(CC(c2ccccc2)c2ncon2)C=CCc2ncccc21. The third-order valence-electron chi connectivity index (χ3n) is 4.35. The average Bonchev–Trinajstić information content (AvgIpc) is 3.14. The summed E-state index contributed by atoms with van der Waals surface area (Å²) in [7, 11) is 0. The van der Waals surface area contributed by atoms with Crippen molar-refractivity contribution in [2.45, 2.75) is 18.8 Å². The van der Waals surface area contributed by atoms with E-state index in [-0.39, 0.29) is 5.92 Å². The number of halogens is 1. The van der Waals surface area contributed by atoms with Crippen molar-refractivity contribution in [3.05, 3.63) is 95.4 Å². The third kappa shape index (κ3) is 3.33. The average molecular weight is 394 g/mol. The van der Waals surface area contributed by atoms with Crippen molar-refractivity contribution < 1.29 is 4.52 Å². The van der Waals surface area contributed by atoms with Gasteiger partial charge in [0.2, 0.25) is 6.39 Å². The zero-order valence-corrected chi connectivity index (χ0v) is 15.1. The molecule has 0 amide bonds. The Balaban J connectivity index is 1.75. The van der Waals surface area contributed by atoms with Crippen molar-refractivity contribution in [1.82, 2.24) is 15.1 Å². The molecule has 124 valence electrons. The van der Waals surface area contributed by atoms with Gasteiger partial charge in [-0.1, -0.05) is 53.7 Å². The quantitative estimate of drug-likeness (QED) is 0.631. The first-order valence-corrected chi connectivity index (χ1v) is 8.93. The van der Waals surface area contributed by atoms with Crippen LogP contribution in [0.25, 0.3) is 4.48 Å². The van der Waals surface area contributed by atoms with Crippen LogP contribution in [0.5, 0.6) is 0 Å². The van der Waals surface area contributed by atoms with Crippen LogP contribution in [0.1, 0.15) is 35.0 Å². The van der Waals surface area contributed by atoms with Gasteiger partial charge in [-0.05, 0) is 39.6 Å². The highest BCUT2D eigenvalue weighted by molar-refractivity contribution is 9.15. The molecule has 0 bridgehead atoms. The number of allylic oxidation sites excluding steroid dienone is 3. The molecule has 2 aromatic heterocycles. The standard InChI is InChI=1S/C20H16BrN3O/c21-19-15(8-4-10-18-16(19)9-5-11-22-18)12-17(20-23-13-25-24-20)14-6-2-1-3-7-14/h1-9,11,13,17H,10,12H2. The second-order valence-corrected chi connectivity index (χ2v) is 6.69. The van der Waals surface area contributed by atoms with Gasteiger partial charge in [0.1, 0.15) is 0 Å². The summed E-state index contributed by atoms with van der Waals surface area (Å²) >= 11 is 3.79. The monoisotopic (exact) mass is 393 g/mol. The fourth-order valence-electron chi connectivity index (χ4n) is 3.11. The molecule has 25 heavy (non-hydrogen) atoms. The van der Waals surface area contributed by atoms with Crippen molar-refractivity contribution in [3.63, 3.8) is 0 Å². The lowest BCUT2D eigenvalue weighted by Crippen LogP contribution is -2.05. The largest absolute Gasteiger partial charge is 0.343 e. The highest BCUT2D eigenvalue weighted by Crippen LogP contribution is 2.37. The summed E-state index contributed by atoms with van der Waals surface area (Å²) < 4.78 is 6.07. The smallest absolute Gasteiger partial charge is 0.213 e. The van der Waals surface area contributed by atoms with Crippen LogP contribution in [0.15, 0.2) is 77.3 Å². The topological polar surface area (TPSA) is 51.8 Å². The maximum absolute atomic E-state index is 5.00. The van der Waals surface area contributed by atoms with E-state index in [9.17, 15) is 0 Å². The molecule has 1 unspecified atom stereocenters. The van der Waals surface area contributed by atoms with Gasteiger partial charge in [0, 0.05) is 22.7 Å². The van der Waals surface area contributed by atoms with Gasteiger partial charge in [-0.25, -0.2) is 0 Å². The summed E-state index contributed by atoms with van der Waals surface area (Å²) in [6, 6.07) is 14.4. The number of rotatable bonds is 4. The minimum Gasteiger partial charge on any atom is -0.343 e. The molecule has 0 saturated heterocycles. The van der Waals surface area contributed by atoms with Crippen LogP contribution in [0, 0.1) is 0 Å². The number of hydrogen-bond donors (Lipinski definition) is 0. The summed E-state index contributed by atoms with van der Waals surface area (Å²) in [6.45, 7) is 0. The Morgan fingerprint density at radius 2 is 1.96 bits per heavy atom. The Hall–Kier alpha value is -2.53. The number of hydrogen-bond acceptors (Lipinski definition) is 4. The minimum absolute atomic E-state index is 0.0328. The minimum atomic E-state index is 0.0328. The van der Waals surface area contributed by atoms with Crippen LogP contribution in [0.2, 0.25) is 0 Å². The maximum Gasteiger partial charge on any atom is 0.213 e. The van der Waals surface area contributed by atoms with E-state index < -0.39 is 0 Å². The molecule has 0 N–H and O–H groups in total. The second kappa shape index (κ2) is 7.15. The molecule has 1 aliphatic carbocycles. The molecular weight excluding hydrogens is 378 g/mol. The van der Waals surface area contributed by atoms with Crippen molar-refractivity contribution in [2.75, 3.05) is 0 Å². The molecular formula is C20H16BrN3O. The number of pyridine rings is 1. The van der Waals surface area contributed by atoms with E-state index in [0.717, 1.165) is 28.6 Å². The first-order chi connectivity index (χ1) is 12.3. The Morgan fingerprint density at radius 1 is 1.08 bits per heavy atom. The van der Waals surface area contributed by atoms with E-state index in [1.54, 1.807) is 0 Å². The van der Waals surface area contributed by atoms with Crippen LogP contribution >= 0.6 is 15.9 Å². The predicted octanol–water partition coefficient (Wildman–Crippen LogP) is 4.91. The first kappa shape index (κ1) is 16.0. The van der Waals surface area contributed by atoms with Crippen LogP contribution in [0.3, 0.4) is 0 Å². The molecule has 1 atom stereocenters. The summed E-state index contributed by atoms with van der Waals surface area (Å²) in [5, 5.41) is 4.09. The Bertz CT molecular complexity index is 917. The lowest BCUT2D eigenvalue weighted by molar-refractivity contribution is 0.407. The lowest BCUT2D eigenvalue weighted by atomic mass is 9.90. The van der Waals surface area contributed by atoms with Crippen LogP contribution in [-0.4, -0.2) is 15.1 Å². The lowest BCUT2D eigenvalue weighted by Gasteiger charge is -2.16. The van der Waals surface area contributed by atoms with E-state index >= 15 is 0 Å². The summed E-state index contributed by atoms with van der Waals surface area (Å²) in [4.78, 5) is 8.80. The molecule has 1 aromatic carbocycles. The van der Waals surface area contributed by atoms with Crippen molar-refractivity contribution in [2.24, 2.45) is 0 Å². The van der Waals surface area contributed by atoms with Gasteiger partial charge in [0.15, 0.2) is 5.82 Å². The molecule has 3 aromatic rings. The molecule has 5 heteroatoms. The van der Waals surface area contributed by atoms with Gasteiger partial charge in [0.05, 0.1) is 11.6 Å². The molecule has 0 spiro atoms. The van der Waals surface area contributed by atoms with Gasteiger partial charge >= 0.3 is 0 Å². The van der Waals surface area contributed by atoms with Gasteiger partial charge in [-0.3, -0.25) is 4.98 Å². The number of aromatic nitrogens is 3. The number of benzene rings is 1. The van der Waals surface area contributed by atoms with Gasteiger partial charge in [-0.15, -0.1) is 0 Å². The second-order valence-electron chi connectivity index (χ2n) is 5.90. The predicted molar refractivity (Wildman–Crippen MR) is 100 cm³/mol. The molecule has 0 saturated carbocycles. The summed E-state index contributed by atoms with van der Waals surface area (Å²) in [5.74, 6) is 0.730. The fourth-order valence-corrected chi connectivity index (χ4v) is 3.77. The highest BCUT2D eigenvalue weighted by Gasteiger charge is 2.22. The van der Waals surface area contributed by atoms with Crippen molar-refractivity contribution in [3.8, 4) is 0 Å². The fraction of sp³-hybridized carbons (Fsp3) is 0.150. The Morgan fingerprint density at radius 3 is 2.76 bits per heavy atom. The first-order valence-electron chi connectivity index (χ1n) is 8.13. The normalized spacial score (nSPS) is 14.9. The molecule has 0 fully saturated rings. The molecule has 4 nitrogen and oxygen atoms in total. The number of nitrogens with zero attached hydrogens (tertiary/aromatic N) is 3. The molecule has 0 aliphatic heterocycles. The van der Waals surface area contributed by atoms with E-state index in [0.29, 0.717) is 5.82 Å². The zero-order valence-electron chi connectivity index (χ0n) is 13.5. The zero-order chi connectivity index (χ0) is 17.1. The third-order valence-corrected chi connectivity index (χ3v) is 5.29. The van der Waals surface area contributed by atoms with Gasteiger partial charge in [0.25, 0.3) is 0 Å². The molecule has 2 heterocycles. The number of fused-ring (bicyclic) bond motifs is 1. The van der Waals surface area contributed by atoms with Crippen LogP contribution < -0.4 is 0 Å². The van der Waals surface area contributed by atoms with E-state index in [4.69, 9.17) is 4.52 Å². The van der Waals surface area contributed by atoms with E-state index in [1.807, 2.05) is 30.5 Å². The Labute approximate surface area is 154 Å². The van der Waals surface area contributed by atoms with Gasteiger partial charge in [-0.2, -0.15) is 4.98 Å². The Kier molecular flexibility index (Phi) is 4.57. The van der Waals surface area contributed by atoms with Crippen molar-refractivity contribution >= 4 is 20.4 Å². The van der Waals surface area contributed by atoms with E-state index in [2.05, 4.69) is 61.4 Å². The molecule has 1 aliphatic rings. The maximum atomic E-state index is 5.00. The van der Waals surface area contributed by atoms with Crippen LogP contribution in [-0.2, 0) is 6.42 Å². The summed E-state index contributed by atoms with van der Waals surface area (Å²) in [6.07, 6.45) is 9.15. The van der Waals surface area contributed by atoms with Gasteiger partial charge < -0.3 is 4.52 Å². The molecule has 4 rings (SSSR count). The highest BCUT2D eigenvalue weighted by atomic mass is 79.9. The van der Waals surface area contributed by atoms with E-state index in [1.165, 1.54) is 17.5 Å². The van der Waals surface area contributed by atoms with Crippen LogP contribution in [0.4, 0.5) is 0 Å². The molecule has 0 radical (unpaired) electrons.